The van der Waals surface area contributed by atoms with Gasteiger partial charge in [0, 0.05) is 19.0 Å². The molecule has 136 valence electrons. The lowest BCUT2D eigenvalue weighted by Gasteiger charge is -2.12. The van der Waals surface area contributed by atoms with Crippen LogP contribution in [0.4, 0.5) is 4.39 Å². The fourth-order valence-electron chi connectivity index (χ4n) is 2.50. The summed E-state index contributed by atoms with van der Waals surface area (Å²) in [4.78, 5) is 13.5. The summed E-state index contributed by atoms with van der Waals surface area (Å²) in [7, 11) is 1.83. The molecule has 0 unspecified atom stereocenters. The first-order valence-electron chi connectivity index (χ1n) is 8.20. The van der Waals surface area contributed by atoms with Gasteiger partial charge in [0.1, 0.15) is 12.1 Å². The van der Waals surface area contributed by atoms with Crippen molar-refractivity contribution < 1.29 is 9.18 Å². The van der Waals surface area contributed by atoms with Gasteiger partial charge in [-0.05, 0) is 42.8 Å². The first-order valence-corrected chi connectivity index (χ1v) is 8.20. The van der Waals surface area contributed by atoms with E-state index in [9.17, 15) is 9.18 Å². The van der Waals surface area contributed by atoms with Crippen LogP contribution in [0.25, 0.3) is 11.4 Å². The van der Waals surface area contributed by atoms with Crippen molar-refractivity contribution in [3.8, 4) is 11.4 Å². The fourth-order valence-corrected chi connectivity index (χ4v) is 2.50. The van der Waals surface area contributed by atoms with Crippen LogP contribution in [0.3, 0.4) is 0 Å². The molecule has 2 heterocycles. The van der Waals surface area contributed by atoms with E-state index in [1.807, 2.05) is 14.0 Å². The number of benzene rings is 1. The third-order valence-corrected chi connectivity index (χ3v) is 3.83. The largest absolute Gasteiger partial charge is 0.346 e. The summed E-state index contributed by atoms with van der Waals surface area (Å²) in [5.74, 6) is 0.715. The molecule has 0 fully saturated rings. The molecule has 1 amide bonds. The highest BCUT2D eigenvalue weighted by atomic mass is 19.1. The molecule has 0 aliphatic carbocycles. The van der Waals surface area contributed by atoms with Crippen molar-refractivity contribution in [2.75, 3.05) is 0 Å². The maximum Gasteiger partial charge on any atom is 0.220 e. The van der Waals surface area contributed by atoms with E-state index < -0.39 is 0 Å². The normalized spacial score (nSPS) is 12.1. The Hall–Kier alpha value is -3.17. The van der Waals surface area contributed by atoms with Crippen LogP contribution < -0.4 is 5.32 Å². The van der Waals surface area contributed by atoms with Gasteiger partial charge in [-0.15, -0.1) is 20.4 Å². The van der Waals surface area contributed by atoms with Gasteiger partial charge in [-0.1, -0.05) is 0 Å². The number of nitrogens with one attached hydrogen (secondary N) is 1. The van der Waals surface area contributed by atoms with Gasteiger partial charge in [0.25, 0.3) is 0 Å². The van der Waals surface area contributed by atoms with Crippen molar-refractivity contribution in [3.05, 3.63) is 42.2 Å². The molecule has 0 saturated heterocycles. The van der Waals surface area contributed by atoms with Crippen molar-refractivity contribution in [3.63, 3.8) is 0 Å². The van der Waals surface area contributed by atoms with Crippen LogP contribution in [0.5, 0.6) is 0 Å². The molecule has 26 heavy (non-hydrogen) atoms. The molecular formula is C16H19FN8O. The number of halogens is 1. The standard InChI is InChI=1S/C16H19FN8O/c1-11(16-21-18-10-24(16)2)19-14(26)4-3-9-25-22-15(20-23-25)12-5-7-13(17)8-6-12/h5-8,10-11H,3-4,9H2,1-2H3,(H,19,26)/t11-/m1/s1. The average Bonchev–Trinajstić information content (AvgIpc) is 3.24. The Kier molecular flexibility index (Phi) is 5.30. The molecule has 2 aromatic heterocycles. The second kappa shape index (κ2) is 7.81. The Morgan fingerprint density at radius 3 is 2.73 bits per heavy atom. The van der Waals surface area contributed by atoms with Gasteiger partial charge in [0.05, 0.1) is 12.6 Å². The Morgan fingerprint density at radius 2 is 2.04 bits per heavy atom. The summed E-state index contributed by atoms with van der Waals surface area (Å²) in [6.45, 7) is 2.32. The van der Waals surface area contributed by atoms with Gasteiger partial charge in [-0.3, -0.25) is 4.79 Å². The molecule has 3 rings (SSSR count). The van der Waals surface area contributed by atoms with Crippen LogP contribution in [0, 0.1) is 5.82 Å². The first-order chi connectivity index (χ1) is 12.5. The maximum atomic E-state index is 12.9. The minimum atomic E-state index is -0.317. The van der Waals surface area contributed by atoms with E-state index in [0.717, 1.165) is 0 Å². The number of rotatable bonds is 7. The number of carbonyl (C=O) groups excluding carboxylic acids is 1. The second-order valence-corrected chi connectivity index (χ2v) is 5.91. The summed E-state index contributed by atoms with van der Waals surface area (Å²) >= 11 is 0. The van der Waals surface area contributed by atoms with Gasteiger partial charge >= 0.3 is 0 Å². The highest BCUT2D eigenvalue weighted by Crippen LogP contribution is 2.14. The summed E-state index contributed by atoms with van der Waals surface area (Å²) in [5, 5.41) is 22.8. The number of tetrazole rings is 1. The zero-order valence-electron chi connectivity index (χ0n) is 14.5. The predicted octanol–water partition coefficient (Wildman–Crippen LogP) is 1.27. The predicted molar refractivity (Wildman–Crippen MR) is 90.0 cm³/mol. The van der Waals surface area contributed by atoms with Crippen LogP contribution in [-0.4, -0.2) is 40.9 Å². The highest BCUT2D eigenvalue weighted by Gasteiger charge is 2.14. The van der Waals surface area contributed by atoms with E-state index in [4.69, 9.17) is 0 Å². The monoisotopic (exact) mass is 358 g/mol. The van der Waals surface area contributed by atoms with E-state index in [1.165, 1.54) is 16.9 Å². The van der Waals surface area contributed by atoms with E-state index in [0.29, 0.717) is 36.6 Å². The number of aromatic nitrogens is 7. The Balaban J connectivity index is 1.47. The lowest BCUT2D eigenvalue weighted by atomic mass is 10.2. The van der Waals surface area contributed by atoms with Crippen molar-refractivity contribution in [1.29, 1.82) is 0 Å². The molecule has 10 heteroatoms. The number of hydrogen-bond acceptors (Lipinski definition) is 6. The molecule has 0 radical (unpaired) electrons. The van der Waals surface area contributed by atoms with Crippen LogP contribution in [0.1, 0.15) is 31.6 Å². The van der Waals surface area contributed by atoms with E-state index in [-0.39, 0.29) is 17.8 Å². The van der Waals surface area contributed by atoms with Crippen LogP contribution in [-0.2, 0) is 18.4 Å². The third-order valence-electron chi connectivity index (χ3n) is 3.83. The summed E-state index contributed by atoms with van der Waals surface area (Å²) in [6.07, 6.45) is 2.49. The van der Waals surface area contributed by atoms with Gasteiger partial charge in [-0.25, -0.2) is 4.39 Å². The molecular weight excluding hydrogens is 339 g/mol. The molecule has 0 spiro atoms. The quantitative estimate of drug-likeness (QED) is 0.682. The SMILES string of the molecule is C[C@@H](NC(=O)CCCn1nnc(-c2ccc(F)cc2)n1)c1nncn1C. The first kappa shape index (κ1) is 17.6. The van der Waals surface area contributed by atoms with E-state index >= 15 is 0 Å². The maximum absolute atomic E-state index is 12.9. The lowest BCUT2D eigenvalue weighted by Crippen LogP contribution is -2.28. The number of hydrogen-bond donors (Lipinski definition) is 1. The smallest absolute Gasteiger partial charge is 0.220 e. The van der Waals surface area contributed by atoms with Crippen LogP contribution >= 0.6 is 0 Å². The Bertz CT molecular complexity index is 873. The molecule has 9 nitrogen and oxygen atoms in total. The average molecular weight is 358 g/mol. The zero-order valence-corrected chi connectivity index (χ0v) is 14.5. The number of carbonyl (C=O) groups is 1. The van der Waals surface area contributed by atoms with Crippen LogP contribution in [0.2, 0.25) is 0 Å². The molecule has 0 aliphatic heterocycles. The molecule has 0 aliphatic rings. The second-order valence-electron chi connectivity index (χ2n) is 5.91. The zero-order chi connectivity index (χ0) is 18.5. The molecule has 0 saturated carbocycles. The minimum absolute atomic E-state index is 0.0839. The number of aryl methyl sites for hydroxylation is 2. The van der Waals surface area contributed by atoms with E-state index in [2.05, 4.69) is 30.9 Å². The van der Waals surface area contributed by atoms with Gasteiger partial charge < -0.3 is 9.88 Å². The van der Waals surface area contributed by atoms with Crippen molar-refractivity contribution in [2.24, 2.45) is 7.05 Å². The topological polar surface area (TPSA) is 103 Å². The molecule has 1 N–H and O–H groups in total. The third kappa shape index (κ3) is 4.26. The Labute approximate surface area is 149 Å². The summed E-state index contributed by atoms with van der Waals surface area (Å²) in [6, 6.07) is 5.66. The van der Waals surface area contributed by atoms with Crippen molar-refractivity contribution >= 4 is 5.91 Å². The van der Waals surface area contributed by atoms with Gasteiger partial charge in [0.15, 0.2) is 5.82 Å². The lowest BCUT2D eigenvalue weighted by molar-refractivity contribution is -0.121. The molecule has 1 aromatic carbocycles. The van der Waals surface area contributed by atoms with Crippen molar-refractivity contribution in [2.45, 2.75) is 32.4 Å². The fraction of sp³-hybridized carbons (Fsp3) is 0.375. The molecule has 1 atom stereocenters. The highest BCUT2D eigenvalue weighted by molar-refractivity contribution is 5.76. The minimum Gasteiger partial charge on any atom is -0.346 e. The Morgan fingerprint density at radius 1 is 1.27 bits per heavy atom. The molecule has 0 bridgehead atoms. The molecule has 3 aromatic rings. The number of nitrogens with zero attached hydrogens (tertiary/aromatic N) is 7. The van der Waals surface area contributed by atoms with E-state index in [1.54, 1.807) is 23.0 Å². The van der Waals surface area contributed by atoms with Gasteiger partial charge in [0.2, 0.25) is 11.7 Å². The summed E-state index contributed by atoms with van der Waals surface area (Å²) < 4.78 is 14.7. The van der Waals surface area contributed by atoms with Crippen LogP contribution in [0.15, 0.2) is 30.6 Å². The van der Waals surface area contributed by atoms with Gasteiger partial charge in [-0.2, -0.15) is 4.80 Å². The van der Waals surface area contributed by atoms with Crippen molar-refractivity contribution in [1.82, 2.24) is 40.3 Å². The summed E-state index contributed by atoms with van der Waals surface area (Å²) in [5.41, 5.74) is 0.688. The number of amides is 1.